The van der Waals surface area contributed by atoms with Crippen molar-refractivity contribution >= 4 is 10.0 Å². The van der Waals surface area contributed by atoms with Crippen LogP contribution in [0.25, 0.3) is 0 Å². The summed E-state index contributed by atoms with van der Waals surface area (Å²) in [6, 6.07) is 0. The van der Waals surface area contributed by atoms with Crippen molar-refractivity contribution in [2.75, 3.05) is 65.4 Å². The number of piperazine rings is 1. The van der Waals surface area contributed by atoms with Crippen molar-refractivity contribution in [2.45, 2.75) is 44.3 Å². The summed E-state index contributed by atoms with van der Waals surface area (Å²) in [5.41, 5.74) is 0. The molecule has 0 amide bonds. The fourth-order valence-corrected chi connectivity index (χ4v) is 5.95. The second-order valence-electron chi connectivity index (χ2n) is 7.64. The summed E-state index contributed by atoms with van der Waals surface area (Å²) < 4.78 is 43.3. The predicted molar refractivity (Wildman–Crippen MR) is 99.5 cm³/mol. The van der Waals surface area contributed by atoms with Gasteiger partial charge in [0, 0.05) is 52.2 Å². The van der Waals surface area contributed by atoms with Gasteiger partial charge in [-0.05, 0) is 32.2 Å². The third-order valence-corrected chi connectivity index (χ3v) is 7.95. The zero-order valence-electron chi connectivity index (χ0n) is 16.0. The fraction of sp³-hybridized carbons (Fsp3) is 1.00. The first-order valence-corrected chi connectivity index (χ1v) is 11.6. The van der Waals surface area contributed by atoms with Crippen LogP contribution >= 0.6 is 0 Å². The maximum Gasteiger partial charge on any atom is 0.214 e. The third kappa shape index (κ3) is 4.97. The van der Waals surface area contributed by atoms with Crippen LogP contribution in [0.2, 0.25) is 0 Å². The van der Waals surface area contributed by atoms with Crippen LogP contribution in [0.4, 0.5) is 0 Å². The summed E-state index contributed by atoms with van der Waals surface area (Å²) in [5, 5.41) is 0. The number of rotatable bonds is 8. The van der Waals surface area contributed by atoms with Crippen molar-refractivity contribution in [3.05, 3.63) is 0 Å². The van der Waals surface area contributed by atoms with Gasteiger partial charge in [-0.2, -0.15) is 4.31 Å². The highest BCUT2D eigenvalue weighted by Gasteiger charge is 2.45. The van der Waals surface area contributed by atoms with Crippen molar-refractivity contribution in [1.82, 2.24) is 9.21 Å². The van der Waals surface area contributed by atoms with Crippen molar-refractivity contribution in [3.8, 4) is 0 Å². The smallest absolute Gasteiger partial charge is 0.214 e. The second kappa shape index (κ2) is 9.30. The Labute approximate surface area is 158 Å². The highest BCUT2D eigenvalue weighted by atomic mass is 32.2. The molecule has 0 aromatic carbocycles. The van der Waals surface area contributed by atoms with Crippen molar-refractivity contribution < 1.29 is 22.6 Å². The molecule has 2 heterocycles. The SMILES string of the molecule is COCCCS(=O)(=O)N1CCN(CCC2CCCCC23OCCO3)CC1. The Morgan fingerprint density at radius 1 is 1.12 bits per heavy atom. The van der Waals surface area contributed by atoms with Crippen LogP contribution in [0.3, 0.4) is 0 Å². The van der Waals surface area contributed by atoms with E-state index in [1.54, 1.807) is 11.4 Å². The Morgan fingerprint density at radius 3 is 2.54 bits per heavy atom. The van der Waals surface area contributed by atoms with Gasteiger partial charge in [-0.15, -0.1) is 0 Å². The molecule has 3 aliphatic rings. The summed E-state index contributed by atoms with van der Waals surface area (Å²) in [6.45, 7) is 5.74. The van der Waals surface area contributed by atoms with E-state index in [9.17, 15) is 8.42 Å². The number of ether oxygens (including phenoxy) is 3. The molecule has 152 valence electrons. The quantitative estimate of drug-likeness (QED) is 0.582. The van der Waals surface area contributed by atoms with Gasteiger partial charge in [-0.1, -0.05) is 6.42 Å². The molecule has 0 aromatic heterocycles. The second-order valence-corrected chi connectivity index (χ2v) is 9.73. The third-order valence-electron chi connectivity index (χ3n) is 6.00. The van der Waals surface area contributed by atoms with Gasteiger partial charge in [-0.25, -0.2) is 8.42 Å². The van der Waals surface area contributed by atoms with E-state index in [2.05, 4.69) is 4.90 Å². The molecular formula is C18H34N2O5S. The Morgan fingerprint density at radius 2 is 1.85 bits per heavy atom. The molecular weight excluding hydrogens is 356 g/mol. The van der Waals surface area contributed by atoms with Crippen LogP contribution in [0.15, 0.2) is 0 Å². The standard InChI is InChI=1S/C18H34N2O5S/c1-23-13-4-16-26(21,22)20-11-9-19(10-12-20)8-6-17-5-2-3-7-18(17)24-14-15-25-18/h17H,2-16H2,1H3. The summed E-state index contributed by atoms with van der Waals surface area (Å²) in [4.78, 5) is 2.39. The lowest BCUT2D eigenvalue weighted by Gasteiger charge is -2.41. The highest BCUT2D eigenvalue weighted by Crippen LogP contribution is 2.42. The van der Waals surface area contributed by atoms with Crippen LogP contribution < -0.4 is 0 Å². The van der Waals surface area contributed by atoms with E-state index in [4.69, 9.17) is 14.2 Å². The molecule has 1 aliphatic carbocycles. The molecule has 0 bridgehead atoms. The molecule has 8 heteroatoms. The first-order chi connectivity index (χ1) is 12.6. The Bertz CT molecular complexity index is 528. The van der Waals surface area contributed by atoms with E-state index in [0.717, 1.165) is 45.7 Å². The van der Waals surface area contributed by atoms with E-state index in [-0.39, 0.29) is 11.5 Å². The number of methoxy groups -OCH3 is 1. The van der Waals surface area contributed by atoms with Gasteiger partial charge in [0.25, 0.3) is 0 Å². The molecule has 2 saturated heterocycles. The molecule has 0 radical (unpaired) electrons. The van der Waals surface area contributed by atoms with Gasteiger partial charge >= 0.3 is 0 Å². The lowest BCUT2D eigenvalue weighted by Crippen LogP contribution is -2.50. The average Bonchev–Trinajstić information content (AvgIpc) is 3.10. The van der Waals surface area contributed by atoms with Gasteiger partial charge < -0.3 is 19.1 Å². The van der Waals surface area contributed by atoms with Crippen LogP contribution in [0.5, 0.6) is 0 Å². The van der Waals surface area contributed by atoms with Crippen LogP contribution in [0.1, 0.15) is 38.5 Å². The first kappa shape index (κ1) is 20.5. The molecule has 2 aliphatic heterocycles. The van der Waals surface area contributed by atoms with E-state index in [0.29, 0.717) is 32.0 Å². The number of sulfonamides is 1. The van der Waals surface area contributed by atoms with Crippen molar-refractivity contribution in [3.63, 3.8) is 0 Å². The topological polar surface area (TPSA) is 68.3 Å². The minimum atomic E-state index is -3.15. The predicted octanol–water partition coefficient (Wildman–Crippen LogP) is 1.29. The van der Waals surface area contributed by atoms with Crippen LogP contribution in [-0.2, 0) is 24.2 Å². The zero-order chi connectivity index (χ0) is 18.5. The Balaban J connectivity index is 1.42. The van der Waals surface area contributed by atoms with Crippen LogP contribution in [0, 0.1) is 5.92 Å². The summed E-state index contributed by atoms with van der Waals surface area (Å²) in [7, 11) is -1.55. The average molecular weight is 391 g/mol. The minimum Gasteiger partial charge on any atom is -0.385 e. The summed E-state index contributed by atoms with van der Waals surface area (Å²) in [6.07, 6.45) is 6.27. The molecule has 26 heavy (non-hydrogen) atoms. The van der Waals surface area contributed by atoms with Gasteiger partial charge in [0.1, 0.15) is 0 Å². The van der Waals surface area contributed by atoms with Crippen molar-refractivity contribution in [1.29, 1.82) is 0 Å². The van der Waals surface area contributed by atoms with Gasteiger partial charge in [0.05, 0.1) is 19.0 Å². The van der Waals surface area contributed by atoms with E-state index < -0.39 is 10.0 Å². The fourth-order valence-electron chi connectivity index (χ4n) is 4.49. The van der Waals surface area contributed by atoms with E-state index in [1.807, 2.05) is 0 Å². The summed E-state index contributed by atoms with van der Waals surface area (Å²) >= 11 is 0. The molecule has 3 rings (SSSR count). The maximum atomic E-state index is 12.4. The Hall–Kier alpha value is -0.250. The van der Waals surface area contributed by atoms with Crippen LogP contribution in [-0.4, -0.2) is 88.8 Å². The monoisotopic (exact) mass is 390 g/mol. The molecule has 1 unspecified atom stereocenters. The molecule has 1 atom stereocenters. The highest BCUT2D eigenvalue weighted by molar-refractivity contribution is 7.89. The largest absolute Gasteiger partial charge is 0.385 e. The zero-order valence-corrected chi connectivity index (χ0v) is 16.8. The van der Waals surface area contributed by atoms with Gasteiger partial charge in [0.15, 0.2) is 5.79 Å². The minimum absolute atomic E-state index is 0.181. The number of hydrogen-bond acceptors (Lipinski definition) is 6. The first-order valence-electron chi connectivity index (χ1n) is 10.0. The van der Waals surface area contributed by atoms with Gasteiger partial charge in [-0.3, -0.25) is 0 Å². The maximum absolute atomic E-state index is 12.4. The summed E-state index contributed by atoms with van der Waals surface area (Å²) in [5.74, 6) is 0.319. The Kier molecular flexibility index (Phi) is 7.32. The van der Waals surface area contributed by atoms with E-state index >= 15 is 0 Å². The molecule has 7 nitrogen and oxygen atoms in total. The molecule has 0 N–H and O–H groups in total. The van der Waals surface area contributed by atoms with Gasteiger partial charge in [0.2, 0.25) is 10.0 Å². The molecule has 3 fully saturated rings. The van der Waals surface area contributed by atoms with Crippen molar-refractivity contribution in [2.24, 2.45) is 5.92 Å². The lowest BCUT2D eigenvalue weighted by molar-refractivity contribution is -0.214. The number of hydrogen-bond donors (Lipinski definition) is 0. The number of nitrogens with zero attached hydrogens (tertiary/aromatic N) is 2. The lowest BCUT2D eigenvalue weighted by atomic mass is 9.81. The van der Waals surface area contributed by atoms with E-state index in [1.165, 1.54) is 19.3 Å². The molecule has 0 aromatic rings. The normalized spacial score (nSPS) is 28.0. The molecule has 1 spiro atoms. The molecule has 1 saturated carbocycles.